The van der Waals surface area contributed by atoms with Crippen LogP contribution in [0.1, 0.15) is 5.56 Å². The van der Waals surface area contributed by atoms with E-state index in [2.05, 4.69) is 27.8 Å². The predicted octanol–water partition coefficient (Wildman–Crippen LogP) is 4.03. The Labute approximate surface area is 139 Å². The lowest BCUT2D eigenvalue weighted by Gasteiger charge is -2.15. The summed E-state index contributed by atoms with van der Waals surface area (Å²) in [6.07, 6.45) is 2.01. The summed E-state index contributed by atoms with van der Waals surface area (Å²) in [5.74, 6) is 0.795. The van der Waals surface area contributed by atoms with E-state index in [1.807, 2.05) is 54.6 Å². The van der Waals surface area contributed by atoms with Gasteiger partial charge in [0.15, 0.2) is 0 Å². The summed E-state index contributed by atoms with van der Waals surface area (Å²) in [6.45, 7) is 4.42. The van der Waals surface area contributed by atoms with Crippen molar-refractivity contribution in [2.75, 3.05) is 18.5 Å². The molecule has 0 aliphatic rings. The van der Waals surface area contributed by atoms with Crippen LogP contribution in [0.4, 0.5) is 5.69 Å². The lowest BCUT2D eigenvalue weighted by molar-refractivity contribution is 0.117. The van der Waals surface area contributed by atoms with Crippen molar-refractivity contribution in [1.82, 2.24) is 0 Å². The Morgan fingerprint density at radius 2 is 2.05 bits per heavy atom. The Hall–Kier alpha value is -1.78. The van der Waals surface area contributed by atoms with Gasteiger partial charge in [0.05, 0.1) is 0 Å². The first-order valence-electron chi connectivity index (χ1n) is 7.18. The standard InChI is InChI=1S/C18H20BrNO2/c1-2-6-14-7-3-4-10-18(14)22-13-17(21)12-20-16-9-5-8-15(19)11-16/h2-5,7-11,17,20-21H,1,6,12-13H2. The number of anilines is 1. The lowest BCUT2D eigenvalue weighted by atomic mass is 10.1. The maximum atomic E-state index is 10.0. The molecule has 2 aromatic rings. The van der Waals surface area contributed by atoms with Gasteiger partial charge >= 0.3 is 0 Å². The topological polar surface area (TPSA) is 41.5 Å². The number of halogens is 1. The maximum Gasteiger partial charge on any atom is 0.122 e. The molecule has 1 unspecified atom stereocenters. The molecule has 0 heterocycles. The van der Waals surface area contributed by atoms with Gasteiger partial charge in [-0.1, -0.05) is 46.3 Å². The fraction of sp³-hybridized carbons (Fsp3) is 0.222. The van der Waals surface area contributed by atoms with Gasteiger partial charge < -0.3 is 15.2 Å². The van der Waals surface area contributed by atoms with E-state index in [0.717, 1.165) is 27.9 Å². The summed E-state index contributed by atoms with van der Waals surface area (Å²) < 4.78 is 6.72. The van der Waals surface area contributed by atoms with Crippen molar-refractivity contribution in [1.29, 1.82) is 0 Å². The second kappa shape index (κ2) is 8.61. The van der Waals surface area contributed by atoms with Crippen molar-refractivity contribution < 1.29 is 9.84 Å². The zero-order chi connectivity index (χ0) is 15.8. The van der Waals surface area contributed by atoms with Crippen molar-refractivity contribution in [2.24, 2.45) is 0 Å². The molecule has 3 nitrogen and oxygen atoms in total. The third kappa shape index (κ3) is 5.20. The number of hydrogen-bond acceptors (Lipinski definition) is 3. The summed E-state index contributed by atoms with van der Waals surface area (Å²) in [7, 11) is 0. The highest BCUT2D eigenvalue weighted by Crippen LogP contribution is 2.19. The van der Waals surface area contributed by atoms with Gasteiger partial charge in [0, 0.05) is 16.7 Å². The molecule has 0 radical (unpaired) electrons. The molecule has 116 valence electrons. The third-order valence-electron chi connectivity index (χ3n) is 3.13. The van der Waals surface area contributed by atoms with Crippen LogP contribution in [0, 0.1) is 0 Å². The van der Waals surface area contributed by atoms with Crippen molar-refractivity contribution in [2.45, 2.75) is 12.5 Å². The number of aliphatic hydroxyl groups is 1. The molecule has 1 atom stereocenters. The van der Waals surface area contributed by atoms with Crippen LogP contribution in [0.15, 0.2) is 65.7 Å². The molecule has 22 heavy (non-hydrogen) atoms. The summed E-state index contributed by atoms with van der Waals surface area (Å²) in [5.41, 5.74) is 2.03. The molecule has 0 aliphatic heterocycles. The summed E-state index contributed by atoms with van der Waals surface area (Å²) in [4.78, 5) is 0. The third-order valence-corrected chi connectivity index (χ3v) is 3.63. The normalized spacial score (nSPS) is 11.7. The van der Waals surface area contributed by atoms with Crippen LogP contribution in [0.25, 0.3) is 0 Å². The van der Waals surface area contributed by atoms with Crippen LogP contribution in [0.2, 0.25) is 0 Å². The van der Waals surface area contributed by atoms with Crippen molar-refractivity contribution in [3.8, 4) is 5.75 Å². The van der Waals surface area contributed by atoms with Crippen LogP contribution in [-0.2, 0) is 6.42 Å². The molecular formula is C18H20BrNO2. The van der Waals surface area contributed by atoms with Gasteiger partial charge in [-0.2, -0.15) is 0 Å². The van der Waals surface area contributed by atoms with E-state index in [0.29, 0.717) is 6.54 Å². The second-order valence-corrected chi connectivity index (χ2v) is 5.87. The molecule has 2 N–H and O–H groups in total. The largest absolute Gasteiger partial charge is 0.491 e. The van der Waals surface area contributed by atoms with E-state index in [4.69, 9.17) is 4.74 Å². The Balaban J connectivity index is 1.83. The molecule has 0 aliphatic carbocycles. The highest BCUT2D eigenvalue weighted by Gasteiger charge is 2.07. The fourth-order valence-corrected chi connectivity index (χ4v) is 2.45. The van der Waals surface area contributed by atoms with Gasteiger partial charge in [-0.15, -0.1) is 6.58 Å². The van der Waals surface area contributed by atoms with Crippen LogP contribution in [-0.4, -0.2) is 24.4 Å². The zero-order valence-electron chi connectivity index (χ0n) is 12.3. The van der Waals surface area contributed by atoms with Crippen molar-refractivity contribution >= 4 is 21.6 Å². The van der Waals surface area contributed by atoms with E-state index in [1.165, 1.54) is 0 Å². The summed E-state index contributed by atoms with van der Waals surface area (Å²) in [5, 5.41) is 13.2. The average molecular weight is 362 g/mol. The number of para-hydroxylation sites is 1. The first-order valence-corrected chi connectivity index (χ1v) is 7.97. The first kappa shape index (κ1) is 16.6. The molecule has 0 amide bonds. The Morgan fingerprint density at radius 3 is 2.82 bits per heavy atom. The Bertz CT molecular complexity index is 616. The number of hydrogen-bond donors (Lipinski definition) is 2. The van der Waals surface area contributed by atoms with Crippen LogP contribution in [0.5, 0.6) is 5.75 Å². The van der Waals surface area contributed by atoms with E-state index >= 15 is 0 Å². The maximum absolute atomic E-state index is 10.0. The molecule has 2 aromatic carbocycles. The minimum absolute atomic E-state index is 0.245. The highest BCUT2D eigenvalue weighted by molar-refractivity contribution is 9.10. The van der Waals surface area contributed by atoms with Crippen LogP contribution >= 0.6 is 15.9 Å². The predicted molar refractivity (Wildman–Crippen MR) is 94.5 cm³/mol. The number of rotatable bonds is 8. The lowest BCUT2D eigenvalue weighted by Crippen LogP contribution is -2.26. The monoisotopic (exact) mass is 361 g/mol. The van der Waals surface area contributed by atoms with Gasteiger partial charge in [-0.25, -0.2) is 0 Å². The number of ether oxygens (including phenoxy) is 1. The van der Waals surface area contributed by atoms with E-state index in [9.17, 15) is 5.11 Å². The molecule has 0 bridgehead atoms. The second-order valence-electron chi connectivity index (χ2n) is 4.96. The molecule has 2 rings (SSSR count). The molecular weight excluding hydrogens is 342 g/mol. The molecule has 0 saturated carbocycles. The van der Waals surface area contributed by atoms with E-state index < -0.39 is 6.10 Å². The fourth-order valence-electron chi connectivity index (χ4n) is 2.05. The molecule has 4 heteroatoms. The number of aliphatic hydroxyl groups excluding tert-OH is 1. The van der Waals surface area contributed by atoms with Crippen molar-refractivity contribution in [3.63, 3.8) is 0 Å². The number of benzene rings is 2. The minimum atomic E-state index is -0.587. The average Bonchev–Trinajstić information content (AvgIpc) is 2.52. The molecule has 0 aromatic heterocycles. The van der Waals surface area contributed by atoms with E-state index in [-0.39, 0.29) is 6.61 Å². The van der Waals surface area contributed by atoms with Gasteiger partial charge in [-0.05, 0) is 36.2 Å². The highest BCUT2D eigenvalue weighted by atomic mass is 79.9. The smallest absolute Gasteiger partial charge is 0.122 e. The van der Waals surface area contributed by atoms with Gasteiger partial charge in [0.2, 0.25) is 0 Å². The number of allylic oxidation sites excluding steroid dienone is 1. The Morgan fingerprint density at radius 1 is 1.23 bits per heavy atom. The molecule has 0 fully saturated rings. The van der Waals surface area contributed by atoms with E-state index in [1.54, 1.807) is 0 Å². The summed E-state index contributed by atoms with van der Waals surface area (Å²) >= 11 is 3.42. The van der Waals surface area contributed by atoms with Gasteiger partial charge in [0.25, 0.3) is 0 Å². The van der Waals surface area contributed by atoms with Gasteiger partial charge in [-0.3, -0.25) is 0 Å². The molecule has 0 saturated heterocycles. The SMILES string of the molecule is C=CCc1ccccc1OCC(O)CNc1cccc(Br)c1. The number of nitrogens with one attached hydrogen (secondary N) is 1. The summed E-state index contributed by atoms with van der Waals surface area (Å²) in [6, 6.07) is 15.6. The molecule has 0 spiro atoms. The Kier molecular flexibility index (Phi) is 6.49. The van der Waals surface area contributed by atoms with Crippen LogP contribution < -0.4 is 10.1 Å². The zero-order valence-corrected chi connectivity index (χ0v) is 13.9. The van der Waals surface area contributed by atoms with Crippen molar-refractivity contribution in [3.05, 3.63) is 71.2 Å². The first-order chi connectivity index (χ1) is 10.7. The minimum Gasteiger partial charge on any atom is -0.491 e. The van der Waals surface area contributed by atoms with Gasteiger partial charge in [0.1, 0.15) is 18.5 Å². The van der Waals surface area contributed by atoms with Crippen LogP contribution in [0.3, 0.4) is 0 Å². The quantitative estimate of drug-likeness (QED) is 0.697.